The van der Waals surface area contributed by atoms with Crippen molar-refractivity contribution >= 4 is 23.1 Å². The van der Waals surface area contributed by atoms with E-state index in [2.05, 4.69) is 51.2 Å². The summed E-state index contributed by atoms with van der Waals surface area (Å²) in [5, 5.41) is 2.39. The quantitative estimate of drug-likeness (QED) is 0.613. The summed E-state index contributed by atoms with van der Waals surface area (Å²) in [7, 11) is 0. The molecule has 1 aliphatic heterocycles. The lowest BCUT2D eigenvalue weighted by Crippen LogP contribution is -2.45. The molecule has 0 spiro atoms. The first-order valence-electron chi connectivity index (χ1n) is 6.43. The normalized spacial score (nSPS) is 17.4. The standard InChI is InChI=1S/C14H19N3S/c1-2-16-7-9-17(10-8-16)11-13-3-5-14(6-4-13)15-12-18/h3-6H,2,7-11H2,1H3. The van der Waals surface area contributed by atoms with E-state index in [0.717, 1.165) is 31.9 Å². The smallest absolute Gasteiger partial charge is 0.0739 e. The predicted molar refractivity (Wildman–Crippen MR) is 78.5 cm³/mol. The zero-order valence-electron chi connectivity index (χ0n) is 10.8. The molecule has 0 unspecified atom stereocenters. The Kier molecular flexibility index (Phi) is 5.02. The Morgan fingerprint density at radius 1 is 1.11 bits per heavy atom. The largest absolute Gasteiger partial charge is 0.301 e. The number of rotatable bonds is 4. The highest BCUT2D eigenvalue weighted by atomic mass is 32.1. The Labute approximate surface area is 114 Å². The summed E-state index contributed by atoms with van der Waals surface area (Å²) in [5.41, 5.74) is 2.22. The van der Waals surface area contributed by atoms with E-state index in [0.29, 0.717) is 0 Å². The Balaban J connectivity index is 1.88. The fourth-order valence-corrected chi connectivity index (χ4v) is 2.36. The van der Waals surface area contributed by atoms with Crippen molar-refractivity contribution in [2.45, 2.75) is 13.5 Å². The van der Waals surface area contributed by atoms with Crippen LogP contribution in [0.2, 0.25) is 0 Å². The van der Waals surface area contributed by atoms with Crippen LogP contribution in [0.4, 0.5) is 5.69 Å². The SMILES string of the molecule is CCN1CCN(Cc2ccc(N=C=S)cc2)CC1. The summed E-state index contributed by atoms with van der Waals surface area (Å²) >= 11 is 4.59. The van der Waals surface area contributed by atoms with E-state index in [1.165, 1.54) is 18.7 Å². The average Bonchev–Trinajstić information content (AvgIpc) is 2.42. The van der Waals surface area contributed by atoms with E-state index in [1.54, 1.807) is 0 Å². The summed E-state index contributed by atoms with van der Waals surface area (Å²) in [4.78, 5) is 8.96. The minimum atomic E-state index is 0.879. The number of thiocarbonyl (C=S) groups is 1. The fourth-order valence-electron chi connectivity index (χ4n) is 2.25. The highest BCUT2D eigenvalue weighted by Gasteiger charge is 2.15. The molecule has 2 rings (SSSR count). The van der Waals surface area contributed by atoms with Gasteiger partial charge in [0.05, 0.1) is 10.8 Å². The minimum Gasteiger partial charge on any atom is -0.301 e. The van der Waals surface area contributed by atoms with Crippen LogP contribution in [0, 0.1) is 0 Å². The second-order valence-electron chi connectivity index (χ2n) is 4.58. The maximum Gasteiger partial charge on any atom is 0.0739 e. The first-order valence-corrected chi connectivity index (χ1v) is 6.84. The number of benzene rings is 1. The van der Waals surface area contributed by atoms with Crippen molar-refractivity contribution in [1.82, 2.24) is 9.80 Å². The summed E-state index contributed by atoms with van der Waals surface area (Å²) < 4.78 is 0. The first kappa shape index (κ1) is 13.4. The maximum absolute atomic E-state index is 4.59. The van der Waals surface area contributed by atoms with Crippen LogP contribution < -0.4 is 0 Å². The third kappa shape index (κ3) is 3.72. The average molecular weight is 261 g/mol. The van der Waals surface area contributed by atoms with Gasteiger partial charge in [-0.3, -0.25) is 4.90 Å². The molecule has 1 saturated heterocycles. The van der Waals surface area contributed by atoms with Crippen molar-refractivity contribution < 1.29 is 0 Å². The second-order valence-corrected chi connectivity index (χ2v) is 4.76. The molecule has 1 fully saturated rings. The summed E-state index contributed by atoms with van der Waals surface area (Å²) in [6, 6.07) is 8.24. The van der Waals surface area contributed by atoms with Gasteiger partial charge in [-0.1, -0.05) is 19.1 Å². The van der Waals surface area contributed by atoms with Gasteiger partial charge in [0.2, 0.25) is 0 Å². The predicted octanol–water partition coefficient (Wildman–Crippen LogP) is 2.56. The molecule has 1 aromatic rings. The Bertz CT molecular complexity index is 415. The van der Waals surface area contributed by atoms with Gasteiger partial charge in [-0.25, -0.2) is 0 Å². The zero-order valence-corrected chi connectivity index (χ0v) is 11.6. The number of hydrogen-bond donors (Lipinski definition) is 0. The molecule has 0 saturated carbocycles. The van der Waals surface area contributed by atoms with Crippen molar-refractivity contribution in [2.24, 2.45) is 4.99 Å². The van der Waals surface area contributed by atoms with E-state index in [4.69, 9.17) is 0 Å². The van der Waals surface area contributed by atoms with Gasteiger partial charge in [-0.15, -0.1) is 0 Å². The van der Waals surface area contributed by atoms with Gasteiger partial charge < -0.3 is 4.90 Å². The van der Waals surface area contributed by atoms with Gasteiger partial charge in [-0.05, 0) is 36.5 Å². The molecule has 0 aromatic heterocycles. The van der Waals surface area contributed by atoms with Crippen molar-refractivity contribution in [1.29, 1.82) is 0 Å². The minimum absolute atomic E-state index is 0.879. The zero-order chi connectivity index (χ0) is 12.8. The van der Waals surface area contributed by atoms with Crippen LogP contribution >= 0.6 is 12.2 Å². The van der Waals surface area contributed by atoms with Gasteiger partial charge in [0, 0.05) is 32.7 Å². The molecule has 0 radical (unpaired) electrons. The molecule has 0 N–H and O–H groups in total. The number of isothiocyanates is 1. The van der Waals surface area contributed by atoms with Gasteiger partial charge in [-0.2, -0.15) is 4.99 Å². The van der Waals surface area contributed by atoms with Gasteiger partial charge >= 0.3 is 0 Å². The van der Waals surface area contributed by atoms with Crippen molar-refractivity contribution in [3.8, 4) is 0 Å². The van der Waals surface area contributed by atoms with Crippen LogP contribution in [-0.2, 0) is 6.54 Å². The molecule has 4 heteroatoms. The molecular weight excluding hydrogens is 242 g/mol. The third-order valence-electron chi connectivity index (χ3n) is 3.43. The summed E-state index contributed by atoms with van der Waals surface area (Å²) in [6.07, 6.45) is 0. The van der Waals surface area contributed by atoms with E-state index < -0.39 is 0 Å². The van der Waals surface area contributed by atoms with Crippen LogP contribution in [0.15, 0.2) is 29.3 Å². The van der Waals surface area contributed by atoms with Gasteiger partial charge in [0.15, 0.2) is 0 Å². The fraction of sp³-hybridized carbons (Fsp3) is 0.500. The number of likely N-dealkylation sites (N-methyl/N-ethyl adjacent to an activating group) is 1. The molecule has 0 amide bonds. The highest BCUT2D eigenvalue weighted by molar-refractivity contribution is 7.78. The van der Waals surface area contributed by atoms with E-state index in [-0.39, 0.29) is 0 Å². The lowest BCUT2D eigenvalue weighted by Gasteiger charge is -2.34. The first-order chi connectivity index (χ1) is 8.81. The Morgan fingerprint density at radius 2 is 1.72 bits per heavy atom. The molecular formula is C14H19N3S. The molecule has 1 heterocycles. The number of aliphatic imine (C=N–C) groups is 1. The third-order valence-corrected chi connectivity index (χ3v) is 3.52. The van der Waals surface area contributed by atoms with Crippen molar-refractivity contribution in [2.75, 3.05) is 32.7 Å². The Morgan fingerprint density at radius 3 is 2.28 bits per heavy atom. The number of piperazine rings is 1. The van der Waals surface area contributed by atoms with Crippen LogP contribution in [0.25, 0.3) is 0 Å². The van der Waals surface area contributed by atoms with Crippen LogP contribution in [0.1, 0.15) is 12.5 Å². The lowest BCUT2D eigenvalue weighted by atomic mass is 10.2. The van der Waals surface area contributed by atoms with E-state index >= 15 is 0 Å². The van der Waals surface area contributed by atoms with Gasteiger partial charge in [0.25, 0.3) is 0 Å². The lowest BCUT2D eigenvalue weighted by molar-refractivity contribution is 0.132. The molecule has 0 aliphatic carbocycles. The molecule has 0 bridgehead atoms. The Hall–Kier alpha value is -1.06. The van der Waals surface area contributed by atoms with Crippen molar-refractivity contribution in [3.63, 3.8) is 0 Å². The highest BCUT2D eigenvalue weighted by Crippen LogP contribution is 2.14. The van der Waals surface area contributed by atoms with Crippen LogP contribution in [0.3, 0.4) is 0 Å². The van der Waals surface area contributed by atoms with Crippen molar-refractivity contribution in [3.05, 3.63) is 29.8 Å². The molecule has 3 nitrogen and oxygen atoms in total. The number of nitrogens with zero attached hydrogens (tertiary/aromatic N) is 3. The van der Waals surface area contributed by atoms with Gasteiger partial charge in [0.1, 0.15) is 0 Å². The second kappa shape index (κ2) is 6.76. The number of hydrogen-bond acceptors (Lipinski definition) is 4. The van der Waals surface area contributed by atoms with Crippen LogP contribution in [0.5, 0.6) is 0 Å². The van der Waals surface area contributed by atoms with Crippen LogP contribution in [-0.4, -0.2) is 47.7 Å². The molecule has 18 heavy (non-hydrogen) atoms. The maximum atomic E-state index is 4.59. The van der Waals surface area contributed by atoms with E-state index in [9.17, 15) is 0 Å². The monoisotopic (exact) mass is 261 g/mol. The topological polar surface area (TPSA) is 18.8 Å². The summed E-state index contributed by atoms with van der Waals surface area (Å²) in [5.74, 6) is 0. The summed E-state index contributed by atoms with van der Waals surface area (Å²) in [6.45, 7) is 9.11. The molecule has 0 atom stereocenters. The molecule has 1 aliphatic rings. The molecule has 1 aromatic carbocycles. The van der Waals surface area contributed by atoms with E-state index in [1.807, 2.05) is 12.1 Å². The molecule has 96 valence electrons.